The lowest BCUT2D eigenvalue weighted by Crippen LogP contribution is -2.28. The third-order valence-corrected chi connectivity index (χ3v) is 2.50. The maximum absolute atomic E-state index is 11.8. The predicted molar refractivity (Wildman–Crippen MR) is 53.9 cm³/mol. The van der Waals surface area contributed by atoms with Crippen molar-refractivity contribution in [2.75, 3.05) is 13.6 Å². The van der Waals surface area contributed by atoms with Crippen LogP contribution in [-0.2, 0) is 0 Å². The molecule has 0 bridgehead atoms. The van der Waals surface area contributed by atoms with Gasteiger partial charge in [-0.15, -0.1) is 0 Å². The summed E-state index contributed by atoms with van der Waals surface area (Å²) in [5, 5.41) is 0. The lowest BCUT2D eigenvalue weighted by Gasteiger charge is -2.16. The third kappa shape index (κ3) is 2.10. The third-order valence-electron chi connectivity index (χ3n) is 2.50. The number of carbonyl (C=O) groups excluding carboxylic acids is 1. The second-order valence-corrected chi connectivity index (χ2v) is 3.86. The summed E-state index contributed by atoms with van der Waals surface area (Å²) in [7, 11) is 1.86. The Morgan fingerprint density at radius 1 is 1.50 bits per heavy atom. The van der Waals surface area contributed by atoms with Gasteiger partial charge in [-0.25, -0.2) is 0 Å². The number of hydrogen-bond acceptors (Lipinski definition) is 2. The molecule has 1 saturated carbocycles. The van der Waals surface area contributed by atoms with E-state index in [1.54, 1.807) is 29.4 Å². The van der Waals surface area contributed by atoms with Gasteiger partial charge < -0.3 is 4.90 Å². The van der Waals surface area contributed by atoms with Crippen molar-refractivity contribution in [1.82, 2.24) is 9.88 Å². The molecule has 1 aromatic rings. The number of amides is 1. The molecule has 0 aliphatic heterocycles. The topological polar surface area (TPSA) is 33.2 Å². The van der Waals surface area contributed by atoms with E-state index in [1.807, 2.05) is 7.05 Å². The van der Waals surface area contributed by atoms with Gasteiger partial charge in [0.1, 0.15) is 0 Å². The standard InChI is InChI=1S/C11H14N2O/c1-13(8-9-2-3-9)11(14)10-4-6-12-7-5-10/h4-7,9H,2-3,8H2,1H3. The van der Waals surface area contributed by atoms with Gasteiger partial charge in [0.15, 0.2) is 0 Å². The molecule has 0 radical (unpaired) electrons. The van der Waals surface area contributed by atoms with Crippen LogP contribution < -0.4 is 0 Å². The molecule has 1 fully saturated rings. The smallest absolute Gasteiger partial charge is 0.253 e. The van der Waals surface area contributed by atoms with Crippen molar-refractivity contribution in [3.63, 3.8) is 0 Å². The summed E-state index contributed by atoms with van der Waals surface area (Å²) in [6.07, 6.45) is 5.85. The summed E-state index contributed by atoms with van der Waals surface area (Å²) in [4.78, 5) is 17.5. The van der Waals surface area contributed by atoms with E-state index in [2.05, 4.69) is 4.98 Å². The Morgan fingerprint density at radius 3 is 2.71 bits per heavy atom. The summed E-state index contributed by atoms with van der Waals surface area (Å²) in [6, 6.07) is 3.51. The van der Waals surface area contributed by atoms with Crippen LogP contribution in [0.25, 0.3) is 0 Å². The molecule has 1 amide bonds. The van der Waals surface area contributed by atoms with E-state index < -0.39 is 0 Å². The van der Waals surface area contributed by atoms with E-state index in [-0.39, 0.29) is 5.91 Å². The van der Waals surface area contributed by atoms with Crippen LogP contribution in [0, 0.1) is 5.92 Å². The average Bonchev–Trinajstić information content (AvgIpc) is 3.02. The van der Waals surface area contributed by atoms with Gasteiger partial charge in [-0.2, -0.15) is 0 Å². The summed E-state index contributed by atoms with van der Waals surface area (Å²) >= 11 is 0. The van der Waals surface area contributed by atoms with Crippen LogP contribution in [0.15, 0.2) is 24.5 Å². The highest BCUT2D eigenvalue weighted by atomic mass is 16.2. The molecule has 0 atom stereocenters. The maximum Gasteiger partial charge on any atom is 0.253 e. The van der Waals surface area contributed by atoms with Crippen LogP contribution in [0.1, 0.15) is 23.2 Å². The molecule has 0 N–H and O–H groups in total. The first-order valence-corrected chi connectivity index (χ1v) is 4.93. The van der Waals surface area contributed by atoms with Crippen LogP contribution in [-0.4, -0.2) is 29.4 Å². The lowest BCUT2D eigenvalue weighted by atomic mass is 10.2. The Kier molecular flexibility index (Phi) is 2.48. The number of carbonyl (C=O) groups is 1. The SMILES string of the molecule is CN(CC1CC1)C(=O)c1ccncc1. The Hall–Kier alpha value is -1.38. The molecular formula is C11H14N2O. The first-order chi connectivity index (χ1) is 6.77. The molecule has 1 aromatic heterocycles. The van der Waals surface area contributed by atoms with Gasteiger partial charge in [0.2, 0.25) is 0 Å². The minimum atomic E-state index is 0.0966. The number of rotatable bonds is 3. The fourth-order valence-electron chi connectivity index (χ4n) is 1.49. The summed E-state index contributed by atoms with van der Waals surface area (Å²) in [6.45, 7) is 0.890. The Bertz CT molecular complexity index is 319. The zero-order chi connectivity index (χ0) is 9.97. The van der Waals surface area contributed by atoms with Crippen molar-refractivity contribution >= 4 is 5.91 Å². The summed E-state index contributed by atoms with van der Waals surface area (Å²) < 4.78 is 0. The van der Waals surface area contributed by atoms with E-state index >= 15 is 0 Å². The fourth-order valence-corrected chi connectivity index (χ4v) is 1.49. The second-order valence-electron chi connectivity index (χ2n) is 3.86. The van der Waals surface area contributed by atoms with Gasteiger partial charge >= 0.3 is 0 Å². The van der Waals surface area contributed by atoms with E-state index in [4.69, 9.17) is 0 Å². The molecule has 0 aromatic carbocycles. The molecule has 0 spiro atoms. The molecule has 1 aliphatic carbocycles. The molecule has 14 heavy (non-hydrogen) atoms. The fraction of sp³-hybridized carbons (Fsp3) is 0.455. The molecule has 2 rings (SSSR count). The van der Waals surface area contributed by atoms with Crippen LogP contribution in [0.2, 0.25) is 0 Å². The number of pyridine rings is 1. The largest absolute Gasteiger partial charge is 0.341 e. The van der Waals surface area contributed by atoms with Crippen molar-refractivity contribution in [2.24, 2.45) is 5.92 Å². The summed E-state index contributed by atoms with van der Waals surface area (Å²) in [5.41, 5.74) is 0.725. The van der Waals surface area contributed by atoms with Crippen molar-refractivity contribution < 1.29 is 4.79 Å². The monoisotopic (exact) mass is 190 g/mol. The molecule has 1 heterocycles. The van der Waals surface area contributed by atoms with Crippen molar-refractivity contribution in [2.45, 2.75) is 12.8 Å². The zero-order valence-corrected chi connectivity index (χ0v) is 8.31. The van der Waals surface area contributed by atoms with Gasteiger partial charge in [0.25, 0.3) is 5.91 Å². The van der Waals surface area contributed by atoms with E-state index in [1.165, 1.54) is 12.8 Å². The van der Waals surface area contributed by atoms with Gasteiger partial charge in [0, 0.05) is 31.5 Å². The number of nitrogens with zero attached hydrogens (tertiary/aromatic N) is 2. The van der Waals surface area contributed by atoms with Gasteiger partial charge in [-0.05, 0) is 30.9 Å². The van der Waals surface area contributed by atoms with E-state index in [0.717, 1.165) is 18.0 Å². The molecule has 3 heteroatoms. The Morgan fingerprint density at radius 2 is 2.14 bits per heavy atom. The maximum atomic E-state index is 11.8. The minimum absolute atomic E-state index is 0.0966. The van der Waals surface area contributed by atoms with Gasteiger partial charge in [-0.1, -0.05) is 0 Å². The molecule has 3 nitrogen and oxygen atoms in total. The molecule has 0 saturated heterocycles. The molecule has 0 unspecified atom stereocenters. The lowest BCUT2D eigenvalue weighted by molar-refractivity contribution is 0.0788. The normalized spacial score (nSPS) is 15.2. The van der Waals surface area contributed by atoms with Crippen molar-refractivity contribution in [3.05, 3.63) is 30.1 Å². The number of aromatic nitrogens is 1. The Labute approximate surface area is 83.8 Å². The average molecular weight is 190 g/mol. The minimum Gasteiger partial charge on any atom is -0.341 e. The van der Waals surface area contributed by atoms with Crippen LogP contribution in [0.3, 0.4) is 0 Å². The van der Waals surface area contributed by atoms with Crippen molar-refractivity contribution in [1.29, 1.82) is 0 Å². The highest BCUT2D eigenvalue weighted by molar-refractivity contribution is 5.93. The van der Waals surface area contributed by atoms with Crippen LogP contribution in [0.4, 0.5) is 0 Å². The first kappa shape index (κ1) is 9.19. The molecular weight excluding hydrogens is 176 g/mol. The van der Waals surface area contributed by atoms with Gasteiger partial charge in [0.05, 0.1) is 0 Å². The quantitative estimate of drug-likeness (QED) is 0.724. The molecule has 74 valence electrons. The highest BCUT2D eigenvalue weighted by Gasteiger charge is 2.25. The van der Waals surface area contributed by atoms with Gasteiger partial charge in [-0.3, -0.25) is 9.78 Å². The molecule has 1 aliphatic rings. The second kappa shape index (κ2) is 3.78. The first-order valence-electron chi connectivity index (χ1n) is 4.93. The highest BCUT2D eigenvalue weighted by Crippen LogP contribution is 2.29. The number of hydrogen-bond donors (Lipinski definition) is 0. The predicted octanol–water partition coefficient (Wildman–Crippen LogP) is 1.56. The Balaban J connectivity index is 1.99. The summed E-state index contributed by atoms with van der Waals surface area (Å²) in [5.74, 6) is 0.838. The van der Waals surface area contributed by atoms with E-state index in [9.17, 15) is 4.79 Å². The zero-order valence-electron chi connectivity index (χ0n) is 8.31. The van der Waals surface area contributed by atoms with E-state index in [0.29, 0.717) is 0 Å². The van der Waals surface area contributed by atoms with Crippen LogP contribution >= 0.6 is 0 Å². The van der Waals surface area contributed by atoms with Crippen LogP contribution in [0.5, 0.6) is 0 Å². The van der Waals surface area contributed by atoms with Crippen molar-refractivity contribution in [3.8, 4) is 0 Å².